The molecule has 21 heavy (non-hydrogen) atoms. The van der Waals surface area contributed by atoms with Crippen LogP contribution in [0.25, 0.3) is 0 Å². The molecule has 1 aromatic heterocycles. The highest BCUT2D eigenvalue weighted by atomic mass is 19.1. The monoisotopic (exact) mass is 292 g/mol. The second kappa shape index (κ2) is 5.74. The maximum Gasteiger partial charge on any atom is 0.308 e. The number of carbonyl (C=O) groups is 1. The average molecular weight is 292 g/mol. The fourth-order valence-corrected chi connectivity index (χ4v) is 1.77. The number of benzene rings is 1. The molecule has 0 unspecified atom stereocenters. The average Bonchev–Trinajstić information content (AvgIpc) is 2.43. The molecule has 0 spiro atoms. The van der Waals surface area contributed by atoms with E-state index in [4.69, 9.17) is 0 Å². The predicted octanol–water partition coefficient (Wildman–Crippen LogP) is 3.00. The SMILES string of the molecule is Cc1ccc(CC(=O)c2cc(F)cc([N+](=O)[O-])c2F)nc1. The summed E-state index contributed by atoms with van der Waals surface area (Å²) < 4.78 is 27.2. The van der Waals surface area contributed by atoms with Crippen LogP contribution >= 0.6 is 0 Å². The molecule has 1 aromatic carbocycles. The number of nitro benzene ring substituents is 1. The van der Waals surface area contributed by atoms with Crippen LogP contribution in [0.15, 0.2) is 30.5 Å². The molecule has 0 atom stereocenters. The van der Waals surface area contributed by atoms with Gasteiger partial charge in [0.2, 0.25) is 5.82 Å². The Balaban J connectivity index is 2.35. The molecule has 0 aliphatic rings. The molecule has 0 aliphatic heterocycles. The van der Waals surface area contributed by atoms with Crippen molar-refractivity contribution in [1.82, 2.24) is 4.98 Å². The number of aryl methyl sites for hydroxylation is 1. The van der Waals surface area contributed by atoms with Crippen molar-refractivity contribution in [3.8, 4) is 0 Å². The van der Waals surface area contributed by atoms with Gasteiger partial charge in [0.1, 0.15) is 5.82 Å². The molecule has 0 N–H and O–H groups in total. The van der Waals surface area contributed by atoms with E-state index in [0.29, 0.717) is 17.8 Å². The summed E-state index contributed by atoms with van der Waals surface area (Å²) in [6.07, 6.45) is 1.27. The Hall–Kier alpha value is -2.70. The first-order chi connectivity index (χ1) is 9.88. The number of ketones is 1. The minimum absolute atomic E-state index is 0.266. The van der Waals surface area contributed by atoms with E-state index >= 15 is 0 Å². The highest BCUT2D eigenvalue weighted by molar-refractivity contribution is 5.98. The minimum Gasteiger partial charge on any atom is -0.294 e. The van der Waals surface area contributed by atoms with Crippen LogP contribution in [0, 0.1) is 28.7 Å². The van der Waals surface area contributed by atoms with Gasteiger partial charge in [0.25, 0.3) is 0 Å². The molecular formula is C14H10F2N2O3. The summed E-state index contributed by atoms with van der Waals surface area (Å²) >= 11 is 0. The predicted molar refractivity (Wildman–Crippen MR) is 70.0 cm³/mol. The minimum atomic E-state index is -1.33. The first kappa shape index (κ1) is 14.7. The number of aromatic nitrogens is 1. The maximum atomic E-state index is 13.9. The summed E-state index contributed by atoms with van der Waals surface area (Å²) in [5.74, 6) is -3.15. The van der Waals surface area contributed by atoms with Gasteiger partial charge in [0.05, 0.1) is 23.0 Å². The van der Waals surface area contributed by atoms with Crippen molar-refractivity contribution in [3.63, 3.8) is 0 Å². The number of halogens is 2. The number of nitrogens with zero attached hydrogens (tertiary/aromatic N) is 2. The molecule has 0 bridgehead atoms. The third-order valence-corrected chi connectivity index (χ3v) is 2.83. The van der Waals surface area contributed by atoms with Crippen LogP contribution in [-0.4, -0.2) is 15.7 Å². The number of nitro groups is 1. The van der Waals surface area contributed by atoms with Crippen molar-refractivity contribution >= 4 is 11.5 Å². The molecule has 7 heteroatoms. The van der Waals surface area contributed by atoms with Crippen LogP contribution in [0.1, 0.15) is 21.6 Å². The van der Waals surface area contributed by atoms with E-state index in [9.17, 15) is 23.7 Å². The molecule has 2 aromatic rings. The summed E-state index contributed by atoms with van der Waals surface area (Å²) in [7, 11) is 0. The molecule has 108 valence electrons. The van der Waals surface area contributed by atoms with Crippen LogP contribution in [0.3, 0.4) is 0 Å². The van der Waals surface area contributed by atoms with E-state index in [0.717, 1.165) is 5.56 Å². The summed E-state index contributed by atoms with van der Waals surface area (Å²) in [5.41, 5.74) is -0.449. The normalized spacial score (nSPS) is 10.4. The molecule has 0 amide bonds. The van der Waals surface area contributed by atoms with Crippen LogP contribution in [0.4, 0.5) is 14.5 Å². The molecule has 5 nitrogen and oxygen atoms in total. The van der Waals surface area contributed by atoms with Crippen molar-refractivity contribution in [1.29, 1.82) is 0 Å². The van der Waals surface area contributed by atoms with E-state index < -0.39 is 33.6 Å². The lowest BCUT2D eigenvalue weighted by molar-refractivity contribution is -0.387. The topological polar surface area (TPSA) is 73.1 Å². The number of hydrogen-bond donors (Lipinski definition) is 0. The molecule has 0 fully saturated rings. The van der Waals surface area contributed by atoms with E-state index in [1.165, 1.54) is 6.20 Å². The third kappa shape index (κ3) is 3.25. The van der Waals surface area contributed by atoms with Gasteiger partial charge in [-0.2, -0.15) is 4.39 Å². The van der Waals surface area contributed by atoms with Gasteiger partial charge in [-0.1, -0.05) is 6.07 Å². The van der Waals surface area contributed by atoms with E-state index in [2.05, 4.69) is 4.98 Å². The second-order valence-electron chi connectivity index (χ2n) is 4.47. The van der Waals surface area contributed by atoms with Gasteiger partial charge < -0.3 is 0 Å². The summed E-state index contributed by atoms with van der Waals surface area (Å²) in [6.45, 7) is 1.81. The lowest BCUT2D eigenvalue weighted by Gasteiger charge is -2.04. The van der Waals surface area contributed by atoms with Crippen molar-refractivity contribution in [3.05, 3.63) is 69.0 Å². The first-order valence-corrected chi connectivity index (χ1v) is 5.96. The summed E-state index contributed by atoms with van der Waals surface area (Å²) in [6, 6.07) is 4.40. The van der Waals surface area contributed by atoms with Gasteiger partial charge in [-0.25, -0.2) is 4.39 Å². The molecular weight excluding hydrogens is 282 g/mol. The van der Waals surface area contributed by atoms with Crippen LogP contribution in [-0.2, 0) is 6.42 Å². The number of hydrogen-bond acceptors (Lipinski definition) is 4. The molecule has 0 aliphatic carbocycles. The third-order valence-electron chi connectivity index (χ3n) is 2.83. The molecule has 0 radical (unpaired) electrons. The summed E-state index contributed by atoms with van der Waals surface area (Å²) in [5, 5.41) is 10.6. The zero-order valence-corrected chi connectivity index (χ0v) is 11.0. The summed E-state index contributed by atoms with van der Waals surface area (Å²) in [4.78, 5) is 25.5. The van der Waals surface area contributed by atoms with Gasteiger partial charge in [0, 0.05) is 11.9 Å². The Labute approximate surface area is 118 Å². The van der Waals surface area contributed by atoms with E-state index in [1.807, 2.05) is 6.92 Å². The van der Waals surface area contributed by atoms with Crippen LogP contribution < -0.4 is 0 Å². The number of carbonyl (C=O) groups excluding carboxylic acids is 1. The highest BCUT2D eigenvalue weighted by Gasteiger charge is 2.24. The Kier molecular flexibility index (Phi) is 4.02. The van der Waals surface area contributed by atoms with E-state index in [-0.39, 0.29) is 6.42 Å². The van der Waals surface area contributed by atoms with Crippen molar-refractivity contribution in [2.75, 3.05) is 0 Å². The second-order valence-corrected chi connectivity index (χ2v) is 4.47. The van der Waals surface area contributed by atoms with Gasteiger partial charge in [-0.05, 0) is 24.6 Å². The number of Topliss-reactive ketones (excluding diaryl/α,β-unsaturated/α-hetero) is 1. The lowest BCUT2D eigenvalue weighted by atomic mass is 10.0. The molecule has 2 rings (SSSR count). The van der Waals surface area contributed by atoms with Gasteiger partial charge >= 0.3 is 5.69 Å². The van der Waals surface area contributed by atoms with Crippen molar-refractivity contribution in [2.24, 2.45) is 0 Å². The van der Waals surface area contributed by atoms with Crippen LogP contribution in [0.2, 0.25) is 0 Å². The maximum absolute atomic E-state index is 13.9. The zero-order valence-electron chi connectivity index (χ0n) is 11.0. The van der Waals surface area contributed by atoms with E-state index in [1.54, 1.807) is 12.1 Å². The van der Waals surface area contributed by atoms with Gasteiger partial charge in [-0.15, -0.1) is 0 Å². The smallest absolute Gasteiger partial charge is 0.294 e. The number of pyridine rings is 1. The van der Waals surface area contributed by atoms with Crippen molar-refractivity contribution < 1.29 is 18.5 Å². The molecule has 0 saturated heterocycles. The Morgan fingerprint density at radius 3 is 2.62 bits per heavy atom. The Bertz CT molecular complexity index is 715. The van der Waals surface area contributed by atoms with Gasteiger partial charge in [0.15, 0.2) is 5.78 Å². The standard InChI is InChI=1S/C14H10F2N2O3/c1-8-2-3-10(17-7-8)6-13(19)11-4-9(15)5-12(14(11)16)18(20)21/h2-5,7H,6H2,1H3. The Morgan fingerprint density at radius 1 is 1.33 bits per heavy atom. The first-order valence-electron chi connectivity index (χ1n) is 5.96. The molecule has 0 saturated carbocycles. The number of rotatable bonds is 4. The Morgan fingerprint density at radius 2 is 2.05 bits per heavy atom. The largest absolute Gasteiger partial charge is 0.308 e. The zero-order chi connectivity index (χ0) is 15.6. The lowest BCUT2D eigenvalue weighted by Crippen LogP contribution is -2.10. The van der Waals surface area contributed by atoms with Gasteiger partial charge in [-0.3, -0.25) is 19.9 Å². The highest BCUT2D eigenvalue weighted by Crippen LogP contribution is 2.23. The quantitative estimate of drug-likeness (QED) is 0.493. The van der Waals surface area contributed by atoms with Crippen LogP contribution in [0.5, 0.6) is 0 Å². The van der Waals surface area contributed by atoms with Crippen molar-refractivity contribution in [2.45, 2.75) is 13.3 Å². The fourth-order valence-electron chi connectivity index (χ4n) is 1.77. The molecule has 1 heterocycles. The fraction of sp³-hybridized carbons (Fsp3) is 0.143.